The summed E-state index contributed by atoms with van der Waals surface area (Å²) in [7, 11) is 6.27. The maximum Gasteiger partial charge on any atom is 0.168 e. The van der Waals surface area contributed by atoms with Crippen LogP contribution in [0.15, 0.2) is 30.3 Å². The van der Waals surface area contributed by atoms with Crippen LogP contribution >= 0.6 is 0 Å². The highest BCUT2D eigenvalue weighted by molar-refractivity contribution is 5.88. The Bertz CT molecular complexity index is 750. The second-order valence-electron chi connectivity index (χ2n) is 4.87. The largest absolute Gasteiger partial charge is 0.493 e. The third kappa shape index (κ3) is 3.51. The van der Waals surface area contributed by atoms with Crippen LogP contribution in [0.25, 0.3) is 12.2 Å². The van der Waals surface area contributed by atoms with Gasteiger partial charge in [0.05, 0.1) is 28.4 Å². The van der Waals surface area contributed by atoms with Crippen molar-refractivity contribution in [3.63, 3.8) is 0 Å². The van der Waals surface area contributed by atoms with Crippen molar-refractivity contribution < 1.29 is 23.7 Å². The number of aldehydes is 1. The molecule has 0 fully saturated rings. The summed E-state index contributed by atoms with van der Waals surface area (Å²) in [5.74, 6) is 2.36. The molecule has 5 nitrogen and oxygen atoms in total. The minimum absolute atomic E-state index is 0.513. The minimum Gasteiger partial charge on any atom is -0.493 e. The molecule has 2 rings (SSSR count). The molecule has 0 amide bonds. The third-order valence-corrected chi connectivity index (χ3v) is 3.59. The van der Waals surface area contributed by atoms with Crippen LogP contribution in [-0.2, 0) is 0 Å². The van der Waals surface area contributed by atoms with Crippen LogP contribution in [0.2, 0.25) is 0 Å². The van der Waals surface area contributed by atoms with Crippen molar-refractivity contribution >= 4 is 18.4 Å². The quantitative estimate of drug-likeness (QED) is 0.573. The first kappa shape index (κ1) is 17.4. The fourth-order valence-corrected chi connectivity index (χ4v) is 2.38. The van der Waals surface area contributed by atoms with E-state index in [1.54, 1.807) is 40.6 Å². The Labute approximate surface area is 141 Å². The van der Waals surface area contributed by atoms with Crippen LogP contribution in [0.5, 0.6) is 23.0 Å². The Morgan fingerprint density at radius 3 is 2.00 bits per heavy atom. The molecule has 5 heteroatoms. The summed E-state index contributed by atoms with van der Waals surface area (Å²) in [6.07, 6.45) is 4.47. The summed E-state index contributed by atoms with van der Waals surface area (Å²) in [4.78, 5) is 11.3. The Hall–Kier alpha value is -2.95. The van der Waals surface area contributed by atoms with Crippen LogP contribution in [0.3, 0.4) is 0 Å². The number of carbonyl (C=O) groups is 1. The highest BCUT2D eigenvalue weighted by Crippen LogP contribution is 2.35. The lowest BCUT2D eigenvalue weighted by Gasteiger charge is -2.12. The molecule has 0 aliphatic rings. The van der Waals surface area contributed by atoms with Gasteiger partial charge in [0, 0.05) is 11.1 Å². The predicted molar refractivity (Wildman–Crippen MR) is 93.4 cm³/mol. The fourth-order valence-electron chi connectivity index (χ4n) is 2.38. The standard InChI is InChI=1S/C19H20O5/c1-21-16-9-6-13(11-18(16)23-3)5-8-15-14(12-20)7-10-17(22-2)19(15)24-4/h5-12H,1-4H3/b8-5+. The van der Waals surface area contributed by atoms with E-state index in [4.69, 9.17) is 18.9 Å². The number of hydrogen-bond acceptors (Lipinski definition) is 5. The van der Waals surface area contributed by atoms with E-state index < -0.39 is 0 Å². The van der Waals surface area contributed by atoms with E-state index in [0.717, 1.165) is 11.8 Å². The predicted octanol–water partition coefficient (Wildman–Crippen LogP) is 3.70. The zero-order valence-corrected chi connectivity index (χ0v) is 14.2. The molecule has 0 N–H and O–H groups in total. The van der Waals surface area contributed by atoms with E-state index in [1.807, 2.05) is 30.4 Å². The second-order valence-corrected chi connectivity index (χ2v) is 4.87. The number of benzene rings is 2. The lowest BCUT2D eigenvalue weighted by molar-refractivity contribution is 0.112. The number of carbonyl (C=O) groups excluding carboxylic acids is 1. The number of rotatable bonds is 7. The molecule has 0 spiro atoms. The van der Waals surface area contributed by atoms with Gasteiger partial charge >= 0.3 is 0 Å². The SMILES string of the molecule is COc1ccc(/C=C/c2c(C=O)ccc(OC)c2OC)cc1OC. The Morgan fingerprint density at radius 1 is 0.750 bits per heavy atom. The van der Waals surface area contributed by atoms with Crippen molar-refractivity contribution in [2.75, 3.05) is 28.4 Å². The first-order valence-corrected chi connectivity index (χ1v) is 7.28. The molecule has 2 aromatic carbocycles. The molecule has 0 aliphatic carbocycles. The van der Waals surface area contributed by atoms with Crippen molar-refractivity contribution in [1.82, 2.24) is 0 Å². The third-order valence-electron chi connectivity index (χ3n) is 3.59. The topological polar surface area (TPSA) is 54.0 Å². The van der Waals surface area contributed by atoms with Crippen LogP contribution in [0.1, 0.15) is 21.5 Å². The van der Waals surface area contributed by atoms with Crippen molar-refractivity contribution in [1.29, 1.82) is 0 Å². The van der Waals surface area contributed by atoms with Gasteiger partial charge in [-0.05, 0) is 35.9 Å². The van der Waals surface area contributed by atoms with Crippen molar-refractivity contribution in [3.8, 4) is 23.0 Å². The molecule has 0 radical (unpaired) electrons. The maximum atomic E-state index is 11.3. The first-order valence-electron chi connectivity index (χ1n) is 7.28. The average Bonchev–Trinajstić information content (AvgIpc) is 2.64. The van der Waals surface area contributed by atoms with Gasteiger partial charge in [0.25, 0.3) is 0 Å². The summed E-state index contributed by atoms with van der Waals surface area (Å²) in [5, 5.41) is 0. The second kappa shape index (κ2) is 8.06. The highest BCUT2D eigenvalue weighted by atomic mass is 16.5. The van der Waals surface area contributed by atoms with Crippen molar-refractivity contribution in [2.24, 2.45) is 0 Å². The molecule has 0 saturated heterocycles. The van der Waals surface area contributed by atoms with Gasteiger partial charge in [-0.1, -0.05) is 12.1 Å². The lowest BCUT2D eigenvalue weighted by atomic mass is 10.0. The van der Waals surface area contributed by atoms with Gasteiger partial charge in [0.2, 0.25) is 0 Å². The van der Waals surface area contributed by atoms with Gasteiger partial charge in [-0.25, -0.2) is 0 Å². The van der Waals surface area contributed by atoms with E-state index in [1.165, 1.54) is 0 Å². The number of hydrogen-bond donors (Lipinski definition) is 0. The van der Waals surface area contributed by atoms with Gasteiger partial charge in [-0.2, -0.15) is 0 Å². The van der Waals surface area contributed by atoms with E-state index in [-0.39, 0.29) is 0 Å². The summed E-state index contributed by atoms with van der Waals surface area (Å²) < 4.78 is 21.2. The first-order chi connectivity index (χ1) is 11.7. The van der Waals surface area contributed by atoms with E-state index in [9.17, 15) is 4.79 Å². The van der Waals surface area contributed by atoms with Gasteiger partial charge in [0.15, 0.2) is 29.3 Å². The number of methoxy groups -OCH3 is 4. The fraction of sp³-hybridized carbons (Fsp3) is 0.211. The Balaban J connectivity index is 2.46. The summed E-state index contributed by atoms with van der Waals surface area (Å²) in [6.45, 7) is 0. The van der Waals surface area contributed by atoms with Crippen LogP contribution in [0.4, 0.5) is 0 Å². The summed E-state index contributed by atoms with van der Waals surface area (Å²) >= 11 is 0. The average molecular weight is 328 g/mol. The van der Waals surface area contributed by atoms with Gasteiger partial charge in [-0.3, -0.25) is 4.79 Å². The molecular weight excluding hydrogens is 308 g/mol. The summed E-state index contributed by atoms with van der Waals surface area (Å²) in [6, 6.07) is 8.97. The van der Waals surface area contributed by atoms with Crippen LogP contribution in [-0.4, -0.2) is 34.7 Å². The van der Waals surface area contributed by atoms with Gasteiger partial charge in [0.1, 0.15) is 0 Å². The zero-order valence-electron chi connectivity index (χ0n) is 14.2. The molecular formula is C19H20O5. The Morgan fingerprint density at radius 2 is 1.42 bits per heavy atom. The minimum atomic E-state index is 0.513. The molecule has 0 bridgehead atoms. The highest BCUT2D eigenvalue weighted by Gasteiger charge is 2.12. The van der Waals surface area contributed by atoms with Crippen molar-refractivity contribution in [3.05, 3.63) is 47.0 Å². The zero-order chi connectivity index (χ0) is 17.5. The molecule has 0 unspecified atom stereocenters. The molecule has 0 heterocycles. The molecule has 0 aromatic heterocycles. The van der Waals surface area contributed by atoms with E-state index in [2.05, 4.69) is 0 Å². The molecule has 24 heavy (non-hydrogen) atoms. The normalized spacial score (nSPS) is 10.5. The van der Waals surface area contributed by atoms with E-state index >= 15 is 0 Å². The van der Waals surface area contributed by atoms with Gasteiger partial charge < -0.3 is 18.9 Å². The van der Waals surface area contributed by atoms with E-state index in [0.29, 0.717) is 34.1 Å². The van der Waals surface area contributed by atoms with Crippen molar-refractivity contribution in [2.45, 2.75) is 0 Å². The summed E-state index contributed by atoms with van der Waals surface area (Å²) in [5.41, 5.74) is 2.07. The van der Waals surface area contributed by atoms with Crippen LogP contribution in [0, 0.1) is 0 Å². The van der Waals surface area contributed by atoms with Gasteiger partial charge in [-0.15, -0.1) is 0 Å². The monoisotopic (exact) mass is 328 g/mol. The maximum absolute atomic E-state index is 11.3. The number of ether oxygens (including phenoxy) is 4. The lowest BCUT2D eigenvalue weighted by Crippen LogP contribution is -1.97. The Kier molecular flexibility index (Phi) is 5.84. The molecule has 0 aliphatic heterocycles. The smallest absolute Gasteiger partial charge is 0.168 e. The van der Waals surface area contributed by atoms with Crippen LogP contribution < -0.4 is 18.9 Å². The molecule has 126 valence electrons. The molecule has 0 saturated carbocycles. The molecule has 2 aromatic rings. The molecule has 0 atom stereocenters.